The quantitative estimate of drug-likeness (QED) is 0.140. The molecule has 0 aliphatic heterocycles. The fourth-order valence-electron chi connectivity index (χ4n) is 3.68. The van der Waals surface area contributed by atoms with Gasteiger partial charge in [-0.2, -0.15) is 0 Å². The van der Waals surface area contributed by atoms with Gasteiger partial charge >= 0.3 is 0 Å². The third-order valence-electron chi connectivity index (χ3n) is 5.95. The summed E-state index contributed by atoms with van der Waals surface area (Å²) in [6.45, 7) is 6.57. The Bertz CT molecular complexity index is 404. The first-order valence-electron chi connectivity index (χ1n) is 14.9. The predicted molar refractivity (Wildman–Crippen MR) is 143 cm³/mol. The Morgan fingerprint density at radius 1 is 0.351 bits per heavy atom. The molecule has 0 aliphatic carbocycles. The van der Waals surface area contributed by atoms with E-state index in [4.69, 9.17) is 0 Å². The van der Waals surface area contributed by atoms with Gasteiger partial charge in [-0.05, 0) is 38.5 Å². The summed E-state index contributed by atoms with van der Waals surface area (Å²) in [5, 5.41) is 30.1. The second kappa shape index (κ2) is 39.5. The van der Waals surface area contributed by atoms with Gasteiger partial charge in [0.1, 0.15) is 0 Å². The maximum atomic E-state index is 10.0. The summed E-state index contributed by atoms with van der Waals surface area (Å²) in [6, 6.07) is 0. The van der Waals surface area contributed by atoms with E-state index in [0.29, 0.717) is 0 Å². The van der Waals surface area contributed by atoms with Crippen LogP contribution < -0.4 is 15.3 Å². The van der Waals surface area contributed by atoms with Crippen LogP contribution >= 0.6 is 0 Å². The second-order valence-corrected chi connectivity index (χ2v) is 9.73. The summed E-state index contributed by atoms with van der Waals surface area (Å²) in [5.74, 6) is -2.74. The maximum Gasteiger partial charge on any atom is 0.0414 e. The molecule has 0 spiro atoms. The van der Waals surface area contributed by atoms with Crippen LogP contribution in [0.25, 0.3) is 0 Å². The number of hydrogen-bond acceptors (Lipinski definition) is 6. The maximum absolute atomic E-state index is 10.0. The Morgan fingerprint density at radius 2 is 0.514 bits per heavy atom. The smallest absolute Gasteiger partial charge is 0.0414 e. The van der Waals surface area contributed by atoms with Crippen LogP contribution in [0.2, 0.25) is 0 Å². The number of aliphatic carboxylic acids is 3. The molecule has 0 aliphatic rings. The number of carbonyl (C=O) groups is 3. The van der Waals surface area contributed by atoms with Crippen molar-refractivity contribution in [2.75, 3.05) is 0 Å². The predicted octanol–water partition coefficient (Wildman–Crippen LogP) is 5.63. The van der Waals surface area contributed by atoms with E-state index >= 15 is 0 Å². The Balaban J connectivity index is -0.000000218. The fraction of sp³-hybridized carbons (Fsp3) is 0.900. The van der Waals surface area contributed by atoms with E-state index < -0.39 is 17.9 Å². The van der Waals surface area contributed by atoms with Gasteiger partial charge in [0, 0.05) is 36.5 Å². The minimum absolute atomic E-state index is 0. The van der Waals surface area contributed by atoms with E-state index in [1.165, 1.54) is 96.3 Å². The SMILES string of the molecule is CCCCCCCCCC(=O)[O-].CCCCCCCCCC(=O)[O-].CCCCCCCCCC(=O)[O-].[V]. The zero-order valence-electron chi connectivity index (χ0n) is 24.4. The fourth-order valence-corrected chi connectivity index (χ4v) is 3.68. The molecule has 0 saturated carbocycles. The van der Waals surface area contributed by atoms with Crippen LogP contribution in [-0.4, -0.2) is 17.9 Å². The van der Waals surface area contributed by atoms with E-state index in [-0.39, 0.29) is 37.8 Å². The molecule has 0 aromatic heterocycles. The van der Waals surface area contributed by atoms with Gasteiger partial charge in [0.25, 0.3) is 0 Å². The van der Waals surface area contributed by atoms with Gasteiger partial charge in [0.2, 0.25) is 0 Å². The van der Waals surface area contributed by atoms with Gasteiger partial charge in [-0.1, -0.05) is 136 Å². The normalized spacial score (nSPS) is 9.81. The summed E-state index contributed by atoms with van der Waals surface area (Å²) < 4.78 is 0. The number of carbonyl (C=O) groups excluding carboxylic acids is 3. The summed E-state index contributed by atoms with van der Waals surface area (Å²) in [5.41, 5.74) is 0. The molecular formula is C30H57O6V-3. The Labute approximate surface area is 240 Å². The molecule has 1 radical (unpaired) electrons. The van der Waals surface area contributed by atoms with E-state index in [2.05, 4.69) is 20.8 Å². The molecular weight excluding hydrogens is 507 g/mol. The first kappa shape index (κ1) is 43.1. The van der Waals surface area contributed by atoms with Crippen molar-refractivity contribution in [2.45, 2.75) is 175 Å². The molecule has 221 valence electrons. The second-order valence-electron chi connectivity index (χ2n) is 9.73. The third-order valence-corrected chi connectivity index (χ3v) is 5.95. The van der Waals surface area contributed by atoms with E-state index in [1.54, 1.807) is 0 Å². The molecule has 7 heteroatoms. The van der Waals surface area contributed by atoms with Crippen molar-refractivity contribution in [2.24, 2.45) is 0 Å². The van der Waals surface area contributed by atoms with Crippen LogP contribution in [0.4, 0.5) is 0 Å². The molecule has 0 heterocycles. The molecule has 0 aromatic carbocycles. The zero-order chi connectivity index (χ0) is 27.7. The number of rotatable bonds is 24. The monoisotopic (exact) mass is 564 g/mol. The first-order valence-corrected chi connectivity index (χ1v) is 14.9. The van der Waals surface area contributed by atoms with Crippen molar-refractivity contribution in [3.8, 4) is 0 Å². The molecule has 0 amide bonds. The molecule has 0 atom stereocenters. The standard InChI is InChI=1S/3C10H20O2.V/c3*1-2-3-4-5-6-7-8-9-10(11)12;/h3*2-9H2,1H3,(H,11,12);/p-3. The van der Waals surface area contributed by atoms with Crippen LogP contribution in [0.15, 0.2) is 0 Å². The van der Waals surface area contributed by atoms with Crippen LogP contribution in [0.3, 0.4) is 0 Å². The van der Waals surface area contributed by atoms with Gasteiger partial charge in [0.15, 0.2) is 0 Å². The average molecular weight is 565 g/mol. The Morgan fingerprint density at radius 3 is 0.676 bits per heavy atom. The van der Waals surface area contributed by atoms with E-state index in [0.717, 1.165) is 38.5 Å². The van der Waals surface area contributed by atoms with Crippen molar-refractivity contribution in [3.05, 3.63) is 0 Å². The minimum Gasteiger partial charge on any atom is -0.550 e. The summed E-state index contributed by atoms with van der Waals surface area (Å²) in [6.07, 6.45) is 25.0. The molecule has 0 saturated heterocycles. The third kappa shape index (κ3) is 56.4. The van der Waals surface area contributed by atoms with Crippen molar-refractivity contribution in [3.63, 3.8) is 0 Å². The minimum atomic E-state index is -0.913. The molecule has 0 N–H and O–H groups in total. The van der Waals surface area contributed by atoms with Crippen molar-refractivity contribution in [1.29, 1.82) is 0 Å². The molecule has 0 fully saturated rings. The zero-order valence-corrected chi connectivity index (χ0v) is 25.8. The Kier molecular flexibility index (Phi) is 46.0. The average Bonchev–Trinajstić information content (AvgIpc) is 2.83. The van der Waals surface area contributed by atoms with Gasteiger partial charge in [0.05, 0.1) is 0 Å². The Hall–Kier alpha value is -1.01. The number of hydrogen-bond donors (Lipinski definition) is 0. The molecule has 0 rings (SSSR count). The molecule has 6 nitrogen and oxygen atoms in total. The summed E-state index contributed by atoms with van der Waals surface area (Å²) >= 11 is 0. The van der Waals surface area contributed by atoms with Gasteiger partial charge in [-0.3, -0.25) is 0 Å². The molecule has 0 unspecified atom stereocenters. The van der Waals surface area contributed by atoms with E-state index in [9.17, 15) is 29.7 Å². The van der Waals surface area contributed by atoms with Crippen LogP contribution in [0.5, 0.6) is 0 Å². The topological polar surface area (TPSA) is 120 Å². The van der Waals surface area contributed by atoms with Crippen LogP contribution in [-0.2, 0) is 32.9 Å². The van der Waals surface area contributed by atoms with Crippen molar-refractivity contribution < 1.29 is 48.3 Å². The van der Waals surface area contributed by atoms with E-state index in [1.807, 2.05) is 0 Å². The summed E-state index contributed by atoms with van der Waals surface area (Å²) in [4.78, 5) is 30.1. The van der Waals surface area contributed by atoms with Crippen LogP contribution in [0, 0.1) is 0 Å². The molecule has 0 bridgehead atoms. The number of carboxylic acids is 3. The van der Waals surface area contributed by atoms with Crippen LogP contribution in [0.1, 0.15) is 175 Å². The van der Waals surface area contributed by atoms with Crippen molar-refractivity contribution >= 4 is 17.9 Å². The largest absolute Gasteiger partial charge is 0.550 e. The number of carboxylic acid groups (broad SMARTS) is 3. The first-order chi connectivity index (χ1) is 17.3. The van der Waals surface area contributed by atoms with Gasteiger partial charge < -0.3 is 29.7 Å². The summed E-state index contributed by atoms with van der Waals surface area (Å²) in [7, 11) is 0. The number of unbranched alkanes of at least 4 members (excludes halogenated alkanes) is 18. The van der Waals surface area contributed by atoms with Gasteiger partial charge in [-0.25, -0.2) is 0 Å². The van der Waals surface area contributed by atoms with Crippen molar-refractivity contribution in [1.82, 2.24) is 0 Å². The molecule has 0 aromatic rings. The van der Waals surface area contributed by atoms with Gasteiger partial charge in [-0.15, -0.1) is 0 Å². The molecule has 37 heavy (non-hydrogen) atoms.